The number of benzene rings is 2. The number of aliphatic hydroxyl groups excluding tert-OH is 1. The molecule has 2 aromatic rings. The molecule has 1 fully saturated rings. The van der Waals surface area contributed by atoms with Gasteiger partial charge < -0.3 is 19.9 Å². The first-order valence-electron chi connectivity index (χ1n) is 7.73. The van der Waals surface area contributed by atoms with Crippen LogP contribution < -0.4 is 14.8 Å². The van der Waals surface area contributed by atoms with Gasteiger partial charge in [-0.25, -0.2) is 4.39 Å². The van der Waals surface area contributed by atoms with E-state index in [9.17, 15) is 19.1 Å². The predicted octanol–water partition coefficient (Wildman–Crippen LogP) is 2.55. The maximum atomic E-state index is 14.1. The van der Waals surface area contributed by atoms with Gasteiger partial charge in [0.2, 0.25) is 0 Å². The average molecular weight is 357 g/mol. The lowest BCUT2D eigenvalue weighted by Crippen LogP contribution is -2.21. The third kappa shape index (κ3) is 2.88. The molecule has 0 spiro atoms. The molecule has 1 atom stereocenters. The van der Waals surface area contributed by atoms with E-state index < -0.39 is 29.3 Å². The van der Waals surface area contributed by atoms with E-state index in [1.165, 1.54) is 44.6 Å². The molecular weight excluding hydrogens is 341 g/mol. The second-order valence-corrected chi connectivity index (χ2v) is 5.59. The van der Waals surface area contributed by atoms with Crippen molar-refractivity contribution in [2.24, 2.45) is 0 Å². The highest BCUT2D eigenvalue weighted by molar-refractivity contribution is 6.46. The number of rotatable bonds is 4. The third-order valence-electron chi connectivity index (χ3n) is 4.14. The second kappa shape index (κ2) is 6.87. The molecule has 2 aromatic carbocycles. The zero-order chi connectivity index (χ0) is 18.8. The molecule has 0 bridgehead atoms. The summed E-state index contributed by atoms with van der Waals surface area (Å²) in [6.07, 6.45) is 0. The van der Waals surface area contributed by atoms with Gasteiger partial charge in [0.25, 0.3) is 11.7 Å². The second-order valence-electron chi connectivity index (χ2n) is 5.59. The number of amides is 1. The molecule has 0 aliphatic carbocycles. The number of halogens is 1. The lowest BCUT2D eigenvalue weighted by Gasteiger charge is -2.15. The fourth-order valence-electron chi connectivity index (χ4n) is 2.85. The molecule has 7 heteroatoms. The molecule has 0 radical (unpaired) electrons. The summed E-state index contributed by atoms with van der Waals surface area (Å²) >= 11 is 0. The van der Waals surface area contributed by atoms with Crippen molar-refractivity contribution in [2.75, 3.05) is 14.2 Å². The van der Waals surface area contributed by atoms with E-state index in [0.29, 0.717) is 11.5 Å². The summed E-state index contributed by atoms with van der Waals surface area (Å²) in [6.45, 7) is 0. The predicted molar refractivity (Wildman–Crippen MR) is 91.4 cm³/mol. The van der Waals surface area contributed by atoms with Crippen molar-refractivity contribution in [3.8, 4) is 11.5 Å². The molecule has 1 heterocycles. The van der Waals surface area contributed by atoms with E-state index in [4.69, 9.17) is 9.47 Å². The van der Waals surface area contributed by atoms with Crippen LogP contribution in [0.15, 0.2) is 48.0 Å². The molecule has 0 aromatic heterocycles. The maximum absolute atomic E-state index is 14.1. The van der Waals surface area contributed by atoms with Crippen LogP contribution in [0.2, 0.25) is 0 Å². The quantitative estimate of drug-likeness (QED) is 0.499. The van der Waals surface area contributed by atoms with Crippen molar-refractivity contribution in [1.82, 2.24) is 5.32 Å². The van der Waals surface area contributed by atoms with Gasteiger partial charge in [0.1, 0.15) is 11.6 Å². The molecular formula is C19H16FNO5. The first-order valence-corrected chi connectivity index (χ1v) is 7.73. The Morgan fingerprint density at radius 2 is 1.77 bits per heavy atom. The molecule has 1 unspecified atom stereocenters. The lowest BCUT2D eigenvalue weighted by molar-refractivity contribution is -0.133. The number of nitrogens with one attached hydrogen (secondary N) is 1. The summed E-state index contributed by atoms with van der Waals surface area (Å²) in [7, 11) is 2.90. The third-order valence-corrected chi connectivity index (χ3v) is 4.14. The number of aliphatic hydroxyl groups is 1. The molecule has 1 amide bonds. The smallest absolute Gasteiger partial charge is 0.293 e. The van der Waals surface area contributed by atoms with Crippen LogP contribution in [0.25, 0.3) is 5.76 Å². The first-order chi connectivity index (χ1) is 12.5. The Morgan fingerprint density at radius 3 is 2.42 bits per heavy atom. The van der Waals surface area contributed by atoms with Gasteiger partial charge in [-0.2, -0.15) is 0 Å². The van der Waals surface area contributed by atoms with E-state index in [2.05, 4.69) is 5.32 Å². The zero-order valence-corrected chi connectivity index (χ0v) is 14.1. The van der Waals surface area contributed by atoms with E-state index in [-0.39, 0.29) is 16.7 Å². The number of Topliss-reactive ketones (excluding diaryl/α,β-unsaturated/α-hetero) is 1. The van der Waals surface area contributed by atoms with Gasteiger partial charge in [0, 0.05) is 11.1 Å². The lowest BCUT2D eigenvalue weighted by atomic mass is 9.95. The SMILES string of the molecule is COc1ccc(/C(O)=C2/C(=O)C(=O)NC2c2ccccc2F)cc1OC. The number of carbonyl (C=O) groups excluding carboxylic acids is 2. The summed E-state index contributed by atoms with van der Waals surface area (Å²) in [4.78, 5) is 24.2. The normalized spacial score (nSPS) is 18.5. The number of ether oxygens (including phenoxy) is 2. The van der Waals surface area contributed by atoms with E-state index in [1.54, 1.807) is 12.1 Å². The van der Waals surface area contributed by atoms with Crippen molar-refractivity contribution < 1.29 is 28.6 Å². The van der Waals surface area contributed by atoms with Crippen LogP contribution in [0.3, 0.4) is 0 Å². The minimum Gasteiger partial charge on any atom is -0.507 e. The molecule has 1 aliphatic rings. The zero-order valence-electron chi connectivity index (χ0n) is 14.1. The van der Waals surface area contributed by atoms with Crippen molar-refractivity contribution in [3.63, 3.8) is 0 Å². The molecule has 26 heavy (non-hydrogen) atoms. The van der Waals surface area contributed by atoms with Gasteiger partial charge in [-0.3, -0.25) is 9.59 Å². The minimum absolute atomic E-state index is 0.0914. The number of methoxy groups -OCH3 is 2. The summed E-state index contributed by atoms with van der Waals surface area (Å²) in [5, 5.41) is 13.1. The highest BCUT2D eigenvalue weighted by Crippen LogP contribution is 2.36. The van der Waals surface area contributed by atoms with Gasteiger partial charge in [-0.15, -0.1) is 0 Å². The van der Waals surface area contributed by atoms with E-state index >= 15 is 0 Å². The molecule has 0 saturated carbocycles. The van der Waals surface area contributed by atoms with Gasteiger partial charge in [0.15, 0.2) is 11.5 Å². The van der Waals surface area contributed by atoms with E-state index in [0.717, 1.165) is 0 Å². The van der Waals surface area contributed by atoms with Gasteiger partial charge in [-0.1, -0.05) is 18.2 Å². The van der Waals surface area contributed by atoms with Crippen molar-refractivity contribution in [2.45, 2.75) is 6.04 Å². The van der Waals surface area contributed by atoms with Crippen LogP contribution in [0, 0.1) is 5.82 Å². The van der Waals surface area contributed by atoms with Crippen LogP contribution in [-0.2, 0) is 9.59 Å². The summed E-state index contributed by atoms with van der Waals surface area (Å²) in [6, 6.07) is 9.19. The van der Waals surface area contributed by atoms with Crippen molar-refractivity contribution in [1.29, 1.82) is 0 Å². The Hall–Kier alpha value is -3.35. The summed E-state index contributed by atoms with van der Waals surface area (Å²) < 4.78 is 24.5. The number of hydrogen-bond acceptors (Lipinski definition) is 5. The Labute approximate surface area is 148 Å². The highest BCUT2D eigenvalue weighted by Gasteiger charge is 2.40. The first kappa shape index (κ1) is 17.5. The van der Waals surface area contributed by atoms with Crippen LogP contribution >= 0.6 is 0 Å². The number of ketones is 1. The highest BCUT2D eigenvalue weighted by atomic mass is 19.1. The maximum Gasteiger partial charge on any atom is 0.293 e. The molecule has 3 rings (SSSR count). The fraction of sp³-hybridized carbons (Fsp3) is 0.158. The Balaban J connectivity index is 2.15. The molecule has 134 valence electrons. The monoisotopic (exact) mass is 357 g/mol. The number of carbonyl (C=O) groups is 2. The Kier molecular flexibility index (Phi) is 4.62. The number of hydrogen-bond donors (Lipinski definition) is 2. The molecule has 6 nitrogen and oxygen atoms in total. The van der Waals surface area contributed by atoms with Crippen LogP contribution in [0.1, 0.15) is 17.2 Å². The van der Waals surface area contributed by atoms with Gasteiger partial charge >= 0.3 is 0 Å². The summed E-state index contributed by atoms with van der Waals surface area (Å²) in [5.74, 6) is -2.06. The van der Waals surface area contributed by atoms with Crippen LogP contribution in [0.4, 0.5) is 4.39 Å². The van der Waals surface area contributed by atoms with E-state index in [1.807, 2.05) is 0 Å². The van der Waals surface area contributed by atoms with Crippen LogP contribution in [0.5, 0.6) is 11.5 Å². The molecule has 1 saturated heterocycles. The molecule has 1 aliphatic heterocycles. The topological polar surface area (TPSA) is 84.9 Å². The molecule has 2 N–H and O–H groups in total. The largest absolute Gasteiger partial charge is 0.507 e. The van der Waals surface area contributed by atoms with Gasteiger partial charge in [0.05, 0.1) is 25.8 Å². The fourth-order valence-corrected chi connectivity index (χ4v) is 2.85. The Bertz CT molecular complexity index is 922. The minimum atomic E-state index is -1.08. The Morgan fingerprint density at radius 1 is 1.08 bits per heavy atom. The van der Waals surface area contributed by atoms with Gasteiger partial charge in [-0.05, 0) is 24.3 Å². The van der Waals surface area contributed by atoms with Crippen molar-refractivity contribution in [3.05, 3.63) is 65.0 Å². The van der Waals surface area contributed by atoms with Crippen molar-refractivity contribution >= 4 is 17.4 Å². The summed E-state index contributed by atoms with van der Waals surface area (Å²) in [5.41, 5.74) is 0.116. The average Bonchev–Trinajstić information content (AvgIpc) is 2.95. The standard InChI is InChI=1S/C19H16FNO5/c1-25-13-8-7-10(9-14(13)26-2)17(22)15-16(21-19(24)18(15)23)11-5-3-4-6-12(11)20/h3-9,16,22H,1-2H3,(H,21,24)/b17-15-. The van der Waals surface area contributed by atoms with Crippen LogP contribution in [-0.4, -0.2) is 31.0 Å².